The first-order valence-electron chi connectivity index (χ1n) is 8.48. The monoisotopic (exact) mass is 361 g/mol. The number of aromatic hydroxyl groups is 1. The average molecular weight is 362 g/mol. The molecule has 1 aromatic heterocycles. The highest BCUT2D eigenvalue weighted by atomic mass is 32.1. The predicted octanol–water partition coefficient (Wildman–Crippen LogP) is 3.46. The van der Waals surface area contributed by atoms with E-state index in [9.17, 15) is 5.11 Å². The average Bonchev–Trinajstić information content (AvgIpc) is 2.98. The molecule has 0 radical (unpaired) electrons. The van der Waals surface area contributed by atoms with Gasteiger partial charge in [-0.15, -0.1) is 11.3 Å². The van der Waals surface area contributed by atoms with Crippen LogP contribution in [-0.2, 0) is 13.0 Å². The van der Waals surface area contributed by atoms with E-state index in [4.69, 9.17) is 4.74 Å². The van der Waals surface area contributed by atoms with Crippen LogP contribution in [-0.4, -0.2) is 30.8 Å². The Balaban J connectivity index is 2.02. The van der Waals surface area contributed by atoms with Crippen LogP contribution in [0.4, 0.5) is 0 Å². The summed E-state index contributed by atoms with van der Waals surface area (Å²) in [5, 5.41) is 16.9. The van der Waals surface area contributed by atoms with Crippen molar-refractivity contribution in [2.45, 2.75) is 39.8 Å². The number of aliphatic imine (C=N–C) groups is 1. The molecule has 136 valence electrons. The van der Waals surface area contributed by atoms with Gasteiger partial charge in [0.2, 0.25) is 0 Å². The second kappa shape index (κ2) is 9.32. The molecule has 0 saturated heterocycles. The van der Waals surface area contributed by atoms with Crippen molar-refractivity contribution in [1.82, 2.24) is 10.6 Å². The van der Waals surface area contributed by atoms with Gasteiger partial charge in [-0.1, -0.05) is 12.1 Å². The number of thiophene rings is 1. The van der Waals surface area contributed by atoms with Gasteiger partial charge in [0, 0.05) is 34.3 Å². The minimum absolute atomic E-state index is 0.145. The first-order valence-corrected chi connectivity index (χ1v) is 9.30. The summed E-state index contributed by atoms with van der Waals surface area (Å²) in [6.45, 7) is 7.46. The molecular formula is C19H27N3O2S. The van der Waals surface area contributed by atoms with Crippen LogP contribution in [0.15, 0.2) is 35.3 Å². The zero-order valence-electron chi connectivity index (χ0n) is 15.3. The number of nitrogens with one attached hydrogen (secondary N) is 2. The molecule has 1 atom stereocenters. The van der Waals surface area contributed by atoms with Gasteiger partial charge in [0.05, 0.1) is 13.7 Å². The van der Waals surface area contributed by atoms with E-state index < -0.39 is 0 Å². The SMILES string of the molecule is CCNC(=NCc1cccc(OC)c1O)NC(C)Cc1ccc(C)s1. The molecule has 0 amide bonds. The van der Waals surface area contributed by atoms with Gasteiger partial charge in [-0.2, -0.15) is 0 Å². The van der Waals surface area contributed by atoms with Gasteiger partial charge in [-0.25, -0.2) is 4.99 Å². The summed E-state index contributed by atoms with van der Waals surface area (Å²) in [4.78, 5) is 7.28. The Morgan fingerprint density at radius 3 is 2.76 bits per heavy atom. The molecule has 0 bridgehead atoms. The van der Waals surface area contributed by atoms with E-state index >= 15 is 0 Å². The summed E-state index contributed by atoms with van der Waals surface area (Å²) >= 11 is 1.83. The summed E-state index contributed by atoms with van der Waals surface area (Å²) in [6, 6.07) is 10.0. The molecule has 0 aliphatic carbocycles. The van der Waals surface area contributed by atoms with Crippen molar-refractivity contribution in [3.05, 3.63) is 45.6 Å². The molecule has 5 nitrogen and oxygen atoms in total. The van der Waals surface area contributed by atoms with Crippen LogP contribution < -0.4 is 15.4 Å². The topological polar surface area (TPSA) is 65.9 Å². The van der Waals surface area contributed by atoms with E-state index in [2.05, 4.69) is 41.6 Å². The van der Waals surface area contributed by atoms with Crippen molar-refractivity contribution >= 4 is 17.3 Å². The van der Waals surface area contributed by atoms with E-state index in [0.29, 0.717) is 12.3 Å². The van der Waals surface area contributed by atoms with Crippen molar-refractivity contribution in [3.8, 4) is 11.5 Å². The molecule has 1 heterocycles. The highest BCUT2D eigenvalue weighted by molar-refractivity contribution is 7.11. The second-order valence-electron chi connectivity index (χ2n) is 5.93. The Kier molecular flexibility index (Phi) is 7.13. The molecular weight excluding hydrogens is 334 g/mol. The zero-order valence-corrected chi connectivity index (χ0v) is 16.1. The molecule has 0 spiro atoms. The lowest BCUT2D eigenvalue weighted by molar-refractivity contribution is 0.370. The van der Waals surface area contributed by atoms with Gasteiger partial charge >= 0.3 is 0 Å². The van der Waals surface area contributed by atoms with Gasteiger partial charge in [0.1, 0.15) is 0 Å². The van der Waals surface area contributed by atoms with Crippen molar-refractivity contribution in [2.75, 3.05) is 13.7 Å². The van der Waals surface area contributed by atoms with Gasteiger partial charge < -0.3 is 20.5 Å². The molecule has 1 aromatic carbocycles. The number of methoxy groups -OCH3 is 1. The third-order valence-electron chi connectivity index (χ3n) is 3.74. The minimum atomic E-state index is 0.145. The molecule has 0 fully saturated rings. The Morgan fingerprint density at radius 1 is 1.32 bits per heavy atom. The fraction of sp³-hybridized carbons (Fsp3) is 0.421. The quantitative estimate of drug-likeness (QED) is 0.522. The summed E-state index contributed by atoms with van der Waals surface area (Å²) in [5.74, 6) is 1.35. The van der Waals surface area contributed by atoms with Crippen LogP contribution in [0, 0.1) is 6.92 Å². The lowest BCUT2D eigenvalue weighted by atomic mass is 10.2. The molecule has 0 aliphatic heterocycles. The van der Waals surface area contributed by atoms with Gasteiger partial charge in [-0.05, 0) is 39.0 Å². The molecule has 2 aromatic rings. The number of hydrogen-bond donors (Lipinski definition) is 3. The third kappa shape index (κ3) is 5.67. The highest BCUT2D eigenvalue weighted by Crippen LogP contribution is 2.29. The third-order valence-corrected chi connectivity index (χ3v) is 4.76. The number of guanidine groups is 1. The van der Waals surface area contributed by atoms with Crippen molar-refractivity contribution in [1.29, 1.82) is 0 Å². The number of para-hydroxylation sites is 1. The van der Waals surface area contributed by atoms with Crippen molar-refractivity contribution in [3.63, 3.8) is 0 Å². The van der Waals surface area contributed by atoms with Gasteiger partial charge in [0.25, 0.3) is 0 Å². The predicted molar refractivity (Wildman–Crippen MR) is 105 cm³/mol. The Morgan fingerprint density at radius 2 is 2.12 bits per heavy atom. The van der Waals surface area contributed by atoms with Crippen LogP contribution in [0.3, 0.4) is 0 Å². The molecule has 0 aliphatic rings. The maximum Gasteiger partial charge on any atom is 0.191 e. The largest absolute Gasteiger partial charge is 0.504 e. The van der Waals surface area contributed by atoms with Crippen LogP contribution in [0.25, 0.3) is 0 Å². The zero-order chi connectivity index (χ0) is 18.2. The lowest BCUT2D eigenvalue weighted by Crippen LogP contribution is -2.43. The van der Waals surface area contributed by atoms with Crippen molar-refractivity contribution < 1.29 is 9.84 Å². The second-order valence-corrected chi connectivity index (χ2v) is 7.30. The highest BCUT2D eigenvalue weighted by Gasteiger charge is 2.10. The molecule has 2 rings (SSSR count). The standard InChI is InChI=1S/C19H27N3O2S/c1-5-20-19(22-13(2)11-16-10-9-14(3)25-16)21-12-15-7-6-8-17(24-4)18(15)23/h6-10,13,23H,5,11-12H2,1-4H3,(H2,20,21,22). The Bertz CT molecular complexity index is 712. The van der Waals surface area contributed by atoms with E-state index in [-0.39, 0.29) is 11.8 Å². The number of aryl methyl sites for hydroxylation is 1. The van der Waals surface area contributed by atoms with Crippen LogP contribution in [0.5, 0.6) is 11.5 Å². The van der Waals surface area contributed by atoms with Crippen LogP contribution >= 0.6 is 11.3 Å². The van der Waals surface area contributed by atoms with Gasteiger partial charge in [-0.3, -0.25) is 0 Å². The molecule has 1 unspecified atom stereocenters. The summed E-state index contributed by atoms with van der Waals surface area (Å²) < 4.78 is 5.14. The summed E-state index contributed by atoms with van der Waals surface area (Å²) in [7, 11) is 1.54. The number of ether oxygens (including phenoxy) is 1. The maximum absolute atomic E-state index is 10.2. The number of phenols is 1. The van der Waals surface area contributed by atoms with Gasteiger partial charge in [0.15, 0.2) is 17.5 Å². The first kappa shape index (κ1) is 19.1. The molecule has 6 heteroatoms. The number of rotatable bonds is 7. The van der Waals surface area contributed by atoms with Crippen molar-refractivity contribution in [2.24, 2.45) is 4.99 Å². The number of hydrogen-bond acceptors (Lipinski definition) is 4. The fourth-order valence-corrected chi connectivity index (χ4v) is 3.54. The smallest absolute Gasteiger partial charge is 0.191 e. The fourth-order valence-electron chi connectivity index (χ4n) is 2.53. The lowest BCUT2D eigenvalue weighted by Gasteiger charge is -2.17. The normalized spacial score (nSPS) is 12.7. The molecule has 3 N–H and O–H groups in total. The number of benzene rings is 1. The van der Waals surface area contributed by atoms with Crippen LogP contribution in [0.1, 0.15) is 29.2 Å². The van der Waals surface area contributed by atoms with E-state index in [1.165, 1.54) is 9.75 Å². The van der Waals surface area contributed by atoms with E-state index in [1.54, 1.807) is 13.2 Å². The summed E-state index contributed by atoms with van der Waals surface area (Å²) in [5.41, 5.74) is 0.734. The molecule has 0 saturated carbocycles. The maximum atomic E-state index is 10.2. The Hall–Kier alpha value is -2.21. The number of phenolic OH excluding ortho intramolecular Hbond substituents is 1. The number of nitrogens with zero attached hydrogens (tertiary/aromatic N) is 1. The van der Waals surface area contributed by atoms with E-state index in [1.807, 2.05) is 30.4 Å². The molecule has 25 heavy (non-hydrogen) atoms. The first-order chi connectivity index (χ1) is 12.0. The Labute approximate surface area is 153 Å². The van der Waals surface area contributed by atoms with E-state index in [0.717, 1.165) is 24.5 Å². The summed E-state index contributed by atoms with van der Waals surface area (Å²) in [6.07, 6.45) is 0.952. The van der Waals surface area contributed by atoms with Crippen LogP contribution in [0.2, 0.25) is 0 Å². The minimum Gasteiger partial charge on any atom is -0.504 e.